The minimum atomic E-state index is -0.400. The van der Waals surface area contributed by atoms with E-state index in [0.717, 1.165) is 131 Å². The Kier molecular flexibility index (Phi) is 15.3. The van der Waals surface area contributed by atoms with Gasteiger partial charge in [0.1, 0.15) is 28.4 Å². The highest BCUT2D eigenvalue weighted by atomic mass is 35.5. The van der Waals surface area contributed by atoms with Crippen LogP contribution in [0.4, 0.5) is 40.1 Å². The summed E-state index contributed by atoms with van der Waals surface area (Å²) in [5, 5.41) is 20.6. The molecular weight excluding hydrogens is 1110 g/mol. The van der Waals surface area contributed by atoms with Gasteiger partial charge in [-0.05, 0) is 137 Å². The summed E-state index contributed by atoms with van der Waals surface area (Å²) in [6.07, 6.45) is 17.0. The third-order valence-corrected chi connectivity index (χ3v) is 18.7. The lowest BCUT2D eigenvalue weighted by Gasteiger charge is -2.36. The van der Waals surface area contributed by atoms with Crippen molar-refractivity contribution >= 4 is 114 Å². The Hall–Kier alpha value is -6.91. The van der Waals surface area contributed by atoms with Crippen molar-refractivity contribution in [2.75, 3.05) is 26.6 Å². The number of pyridine rings is 3. The molecule has 0 unspecified atom stereocenters. The Morgan fingerprint density at radius 3 is 1.59 bits per heavy atom. The number of benzene rings is 3. The van der Waals surface area contributed by atoms with E-state index in [2.05, 4.69) is 74.7 Å². The zero-order valence-corrected chi connectivity index (χ0v) is 47.3. The molecule has 7 N–H and O–H groups in total. The largest absolute Gasteiger partial charge is 0.379 e. The van der Waals surface area contributed by atoms with Crippen LogP contribution in [0.15, 0.2) is 114 Å². The quantitative estimate of drug-likeness (QED) is 0.0565. The van der Waals surface area contributed by atoms with Crippen molar-refractivity contribution in [3.8, 4) is 0 Å². The van der Waals surface area contributed by atoms with Gasteiger partial charge in [0.05, 0.1) is 60.4 Å². The number of halogens is 4. The number of anilines is 5. The van der Waals surface area contributed by atoms with Gasteiger partial charge < -0.3 is 32.3 Å². The predicted octanol–water partition coefficient (Wildman–Crippen LogP) is 13.6. The van der Waals surface area contributed by atoms with Crippen molar-refractivity contribution < 1.29 is 13.2 Å². The second kappa shape index (κ2) is 23.2. The van der Waals surface area contributed by atoms with Crippen LogP contribution in [0.5, 0.6) is 0 Å². The number of nitrogens with two attached hydrogens (primary N) is 1. The number of hydrogen-bond donors (Lipinski definition) is 6. The molecule has 6 aliphatic carbocycles. The fourth-order valence-electron chi connectivity index (χ4n) is 10.5. The van der Waals surface area contributed by atoms with Crippen LogP contribution < -0.4 is 38.0 Å². The van der Waals surface area contributed by atoms with Crippen molar-refractivity contribution in [1.82, 2.24) is 39.0 Å². The number of aromatic nitrogens is 8. The van der Waals surface area contributed by atoms with Crippen molar-refractivity contribution in [1.29, 1.82) is 0 Å². The van der Waals surface area contributed by atoms with Crippen molar-refractivity contribution in [3.05, 3.63) is 148 Å². The van der Waals surface area contributed by atoms with E-state index in [1.165, 1.54) is 52.8 Å². The van der Waals surface area contributed by atoms with Crippen LogP contribution in [-0.2, 0) is 6.42 Å². The van der Waals surface area contributed by atoms with Gasteiger partial charge in [0.15, 0.2) is 21.0 Å². The zero-order valence-electron chi connectivity index (χ0n) is 44.1. The van der Waals surface area contributed by atoms with Crippen LogP contribution in [-0.4, -0.2) is 75.3 Å². The molecular formula is C59H60ClF3N14OS3. The van der Waals surface area contributed by atoms with Gasteiger partial charge in [-0.2, -0.15) is 0 Å². The van der Waals surface area contributed by atoms with E-state index in [9.17, 15) is 18.0 Å². The molecule has 0 saturated heterocycles. The Balaban J connectivity index is 0.000000107. The molecule has 0 amide bonds. The highest BCUT2D eigenvalue weighted by Gasteiger charge is 2.37. The fourth-order valence-corrected chi connectivity index (χ4v) is 13.5. The Bertz CT molecular complexity index is 3810. The topological polar surface area (TPSA) is 190 Å². The molecule has 6 fully saturated rings. The van der Waals surface area contributed by atoms with Gasteiger partial charge in [-0.3, -0.25) is 9.13 Å². The highest BCUT2D eigenvalue weighted by Crippen LogP contribution is 2.41. The average molecular weight is 1170 g/mol. The van der Waals surface area contributed by atoms with E-state index >= 15 is 0 Å². The summed E-state index contributed by atoms with van der Waals surface area (Å²) in [5.74, 6) is 0.466. The molecule has 81 heavy (non-hydrogen) atoms. The molecule has 0 atom stereocenters. The molecule has 10 aromatic rings. The summed E-state index contributed by atoms with van der Waals surface area (Å²) < 4.78 is 47.0. The number of nitrogens with one attached hydrogen (secondary N) is 5. The van der Waals surface area contributed by atoms with Crippen molar-refractivity contribution in [3.63, 3.8) is 0 Å². The fraction of sp³-hybridized carbons (Fsp3) is 0.373. The Morgan fingerprint density at radius 2 is 1.05 bits per heavy atom. The number of nitrogens with zero attached hydrogens (tertiary/aromatic N) is 8. The Labute approximate surface area is 482 Å². The lowest BCUT2D eigenvalue weighted by Crippen LogP contribution is -2.44. The summed E-state index contributed by atoms with van der Waals surface area (Å²) in [4.78, 5) is 39.1. The van der Waals surface area contributed by atoms with Crippen LogP contribution in [0.25, 0.3) is 41.8 Å². The second-order valence-corrected chi connectivity index (χ2v) is 25.6. The summed E-state index contributed by atoms with van der Waals surface area (Å²) in [5.41, 5.74) is 11.6. The molecule has 0 aliphatic heterocycles. The molecule has 22 heteroatoms. The first kappa shape index (κ1) is 53.4. The summed E-state index contributed by atoms with van der Waals surface area (Å²) >= 11 is 10.8. The monoisotopic (exact) mass is 1170 g/mol. The highest BCUT2D eigenvalue weighted by molar-refractivity contribution is 7.22. The number of hydrogen-bond acceptors (Lipinski definition) is 16. The molecule has 6 aliphatic rings. The standard InChI is InChI=1S/C20H18FN5OS.C19H20FN5S.C11H13N3S.C9H9ClFN/c21-11-7-16-18(22-10-11)26(20(27)25(16)13-5-6-13)14-8-12(9-14)23-19-24-15-3-1-2-4-17(15)28-19;20-11-7-16(22-12-5-6-12)18(21-10-11)23-13-8-14(9-13)24-19-25-15-3-1-2-4-17(15)26-19;12-7-5-8(6-7)13-11-14-9-3-1-2-4-10(9)15-11;10-9-7(3-6-1-2-6)4-8(11)5-12-9/h1-4,7,10,12-14H,5-6,8-9H2,(H,23,24);1-4,7,10,12-14,22H,5-6,8-9H2,(H,21,23)(H,24,25);1-4,7-8H,5-6,12H2,(H,13,14);4-6H,1-3H2. The minimum absolute atomic E-state index is 0.0564. The average Bonchev–Trinajstić information content (AvgIpc) is 4.36. The second-order valence-electron chi connectivity index (χ2n) is 22.1. The van der Waals surface area contributed by atoms with Crippen LogP contribution in [0.3, 0.4) is 0 Å². The number of rotatable bonds is 14. The normalized spacial score (nSPS) is 21.7. The van der Waals surface area contributed by atoms with Gasteiger partial charge in [-0.25, -0.2) is 47.9 Å². The summed E-state index contributed by atoms with van der Waals surface area (Å²) in [7, 11) is 0. The van der Waals surface area contributed by atoms with E-state index < -0.39 is 5.82 Å². The van der Waals surface area contributed by atoms with Gasteiger partial charge in [0, 0.05) is 60.5 Å². The molecule has 7 heterocycles. The zero-order chi connectivity index (χ0) is 55.1. The molecule has 16 rings (SSSR count). The minimum Gasteiger partial charge on any atom is -0.379 e. The lowest BCUT2D eigenvalue weighted by molar-refractivity contribution is 0.280. The molecule has 418 valence electrons. The molecule has 3 aromatic carbocycles. The molecule has 0 radical (unpaired) electrons. The number of para-hydroxylation sites is 3. The van der Waals surface area contributed by atoms with Crippen LogP contribution in [0, 0.1) is 23.4 Å². The maximum absolute atomic E-state index is 13.7. The van der Waals surface area contributed by atoms with E-state index in [1.807, 2.05) is 54.6 Å². The van der Waals surface area contributed by atoms with Gasteiger partial charge in [-0.15, -0.1) is 0 Å². The van der Waals surface area contributed by atoms with Gasteiger partial charge >= 0.3 is 5.69 Å². The van der Waals surface area contributed by atoms with Gasteiger partial charge in [0.2, 0.25) is 0 Å². The number of fused-ring (bicyclic) bond motifs is 4. The number of thiazole rings is 3. The third kappa shape index (κ3) is 12.8. The SMILES string of the molecule is Fc1cnc(Cl)c(CC2CC2)c1.Fc1cnc(NC2CC(Nc3nc4ccccc4s3)C2)c(NC2CC2)c1.NC1CC(Nc2nc3ccccc3s2)C1.O=c1n(C2CC2)c2cc(F)cnc2n1C1CC(Nc2nc3ccccc3s2)C1. The Morgan fingerprint density at radius 1 is 0.543 bits per heavy atom. The van der Waals surface area contributed by atoms with Crippen molar-refractivity contribution in [2.24, 2.45) is 11.7 Å². The molecule has 0 spiro atoms. The first-order valence-corrected chi connectivity index (χ1v) is 30.7. The van der Waals surface area contributed by atoms with E-state index in [-0.39, 0.29) is 35.4 Å². The molecule has 7 aromatic heterocycles. The predicted molar refractivity (Wildman–Crippen MR) is 322 cm³/mol. The maximum Gasteiger partial charge on any atom is 0.330 e. The molecule has 15 nitrogen and oxygen atoms in total. The maximum atomic E-state index is 13.7. The first-order chi connectivity index (χ1) is 39.5. The van der Waals surface area contributed by atoms with Crippen LogP contribution in [0.1, 0.15) is 94.7 Å². The smallest absolute Gasteiger partial charge is 0.330 e. The summed E-state index contributed by atoms with van der Waals surface area (Å²) in [6.45, 7) is 0. The molecule has 6 saturated carbocycles. The van der Waals surface area contributed by atoms with E-state index in [0.29, 0.717) is 52.4 Å². The van der Waals surface area contributed by atoms with Crippen LogP contribution in [0.2, 0.25) is 5.15 Å². The van der Waals surface area contributed by atoms with Gasteiger partial charge in [0.25, 0.3) is 0 Å². The van der Waals surface area contributed by atoms with E-state index in [1.54, 1.807) is 43.1 Å². The van der Waals surface area contributed by atoms with Gasteiger partial charge in [-0.1, -0.05) is 82.0 Å². The summed E-state index contributed by atoms with van der Waals surface area (Å²) in [6, 6.07) is 31.6. The van der Waals surface area contributed by atoms with Crippen molar-refractivity contribution in [2.45, 2.75) is 132 Å². The lowest BCUT2D eigenvalue weighted by atomic mass is 9.86. The number of imidazole rings is 1. The van der Waals surface area contributed by atoms with Crippen LogP contribution >= 0.6 is 45.6 Å². The molecule has 0 bridgehead atoms. The first-order valence-electron chi connectivity index (χ1n) is 27.8. The van der Waals surface area contributed by atoms with E-state index in [4.69, 9.17) is 17.3 Å². The third-order valence-electron chi connectivity index (χ3n) is 15.5.